The molecule has 0 radical (unpaired) electrons. The fourth-order valence-electron chi connectivity index (χ4n) is 2.15. The molecule has 1 aromatic carbocycles. The standard InChI is InChI=1S/C14H18BrN3O/c1-10(2)18-13(16-17-14(18)19)5-3-4-11-6-8-12(15)9-7-11/h6-10H,3-5H2,1-2H3,(H,17,19). The smallest absolute Gasteiger partial charge is 0.277 e. The van der Waals surface area contributed by atoms with Gasteiger partial charge in [-0.3, -0.25) is 4.57 Å². The number of halogens is 1. The molecule has 4 nitrogen and oxygen atoms in total. The number of benzene rings is 1. The van der Waals surface area contributed by atoms with Crippen LogP contribution in [0.25, 0.3) is 0 Å². The first-order valence-corrected chi connectivity index (χ1v) is 7.27. The molecule has 0 aliphatic rings. The first kappa shape index (κ1) is 14.1. The third-order valence-electron chi connectivity index (χ3n) is 3.07. The van der Waals surface area contributed by atoms with E-state index in [1.54, 1.807) is 4.57 Å². The van der Waals surface area contributed by atoms with Crippen molar-refractivity contribution in [1.29, 1.82) is 0 Å². The Morgan fingerprint density at radius 3 is 2.58 bits per heavy atom. The van der Waals surface area contributed by atoms with E-state index in [1.165, 1.54) is 5.56 Å². The summed E-state index contributed by atoms with van der Waals surface area (Å²) < 4.78 is 2.82. The summed E-state index contributed by atoms with van der Waals surface area (Å²) in [7, 11) is 0. The number of H-pyrrole nitrogens is 1. The van der Waals surface area contributed by atoms with Gasteiger partial charge in [0.25, 0.3) is 0 Å². The molecule has 0 amide bonds. The maximum absolute atomic E-state index is 11.6. The van der Waals surface area contributed by atoms with E-state index in [2.05, 4.69) is 38.3 Å². The highest BCUT2D eigenvalue weighted by Crippen LogP contribution is 2.13. The van der Waals surface area contributed by atoms with E-state index in [4.69, 9.17) is 0 Å². The molecule has 5 heteroatoms. The molecule has 0 spiro atoms. The zero-order valence-electron chi connectivity index (χ0n) is 11.2. The van der Waals surface area contributed by atoms with Crippen LogP contribution in [-0.4, -0.2) is 14.8 Å². The average molecular weight is 324 g/mol. The molecule has 0 aliphatic carbocycles. The van der Waals surface area contributed by atoms with Gasteiger partial charge in [0.15, 0.2) is 0 Å². The van der Waals surface area contributed by atoms with E-state index in [9.17, 15) is 4.79 Å². The number of hydrogen-bond acceptors (Lipinski definition) is 2. The summed E-state index contributed by atoms with van der Waals surface area (Å²) in [5, 5.41) is 6.63. The van der Waals surface area contributed by atoms with Crippen molar-refractivity contribution in [3.63, 3.8) is 0 Å². The fourth-order valence-corrected chi connectivity index (χ4v) is 2.41. The third-order valence-corrected chi connectivity index (χ3v) is 3.60. The number of aryl methyl sites for hydroxylation is 2. The maximum atomic E-state index is 11.6. The summed E-state index contributed by atoms with van der Waals surface area (Å²) in [5.74, 6) is 0.845. The molecule has 0 saturated heterocycles. The zero-order chi connectivity index (χ0) is 13.8. The van der Waals surface area contributed by atoms with Crippen molar-refractivity contribution in [3.05, 3.63) is 50.6 Å². The van der Waals surface area contributed by atoms with E-state index >= 15 is 0 Å². The van der Waals surface area contributed by atoms with Gasteiger partial charge >= 0.3 is 5.69 Å². The average Bonchev–Trinajstić information content (AvgIpc) is 2.73. The summed E-state index contributed by atoms with van der Waals surface area (Å²) in [4.78, 5) is 11.6. The summed E-state index contributed by atoms with van der Waals surface area (Å²) >= 11 is 3.43. The largest absolute Gasteiger partial charge is 0.343 e. The minimum Gasteiger partial charge on any atom is -0.277 e. The monoisotopic (exact) mass is 323 g/mol. The Morgan fingerprint density at radius 1 is 1.26 bits per heavy atom. The molecule has 19 heavy (non-hydrogen) atoms. The Hall–Kier alpha value is -1.36. The topological polar surface area (TPSA) is 50.7 Å². The van der Waals surface area contributed by atoms with Crippen molar-refractivity contribution < 1.29 is 0 Å². The van der Waals surface area contributed by atoms with Gasteiger partial charge < -0.3 is 0 Å². The number of nitrogens with one attached hydrogen (secondary N) is 1. The molecule has 0 unspecified atom stereocenters. The second-order valence-corrected chi connectivity index (χ2v) is 5.80. The Kier molecular flexibility index (Phi) is 4.58. The van der Waals surface area contributed by atoms with E-state index in [1.807, 2.05) is 26.0 Å². The van der Waals surface area contributed by atoms with Crippen LogP contribution in [0.3, 0.4) is 0 Å². The first-order chi connectivity index (χ1) is 9.08. The fraction of sp³-hybridized carbons (Fsp3) is 0.429. The molecule has 1 heterocycles. The van der Waals surface area contributed by atoms with Crippen molar-refractivity contribution >= 4 is 15.9 Å². The highest BCUT2D eigenvalue weighted by molar-refractivity contribution is 9.10. The molecular formula is C14H18BrN3O. The molecular weight excluding hydrogens is 306 g/mol. The SMILES string of the molecule is CC(C)n1c(CCCc2ccc(Br)cc2)n[nH]c1=O. The van der Waals surface area contributed by atoms with E-state index in [-0.39, 0.29) is 11.7 Å². The highest BCUT2D eigenvalue weighted by Gasteiger charge is 2.10. The molecule has 0 saturated carbocycles. The Bertz CT molecular complexity index is 583. The van der Waals surface area contributed by atoms with E-state index in [0.717, 1.165) is 29.6 Å². The molecule has 102 valence electrons. The van der Waals surface area contributed by atoms with Crippen molar-refractivity contribution in [2.75, 3.05) is 0 Å². The lowest BCUT2D eigenvalue weighted by atomic mass is 10.1. The predicted molar refractivity (Wildman–Crippen MR) is 79.4 cm³/mol. The van der Waals surface area contributed by atoms with Gasteiger partial charge in [-0.05, 0) is 44.4 Å². The quantitative estimate of drug-likeness (QED) is 0.919. The first-order valence-electron chi connectivity index (χ1n) is 6.48. The Morgan fingerprint density at radius 2 is 1.95 bits per heavy atom. The van der Waals surface area contributed by atoms with Crippen molar-refractivity contribution in [2.24, 2.45) is 0 Å². The molecule has 2 aromatic rings. The van der Waals surface area contributed by atoms with Gasteiger partial charge in [-0.1, -0.05) is 28.1 Å². The van der Waals surface area contributed by atoms with E-state index in [0.29, 0.717) is 0 Å². The number of aromatic amines is 1. The second-order valence-electron chi connectivity index (χ2n) is 4.89. The Balaban J connectivity index is 1.96. The lowest BCUT2D eigenvalue weighted by Gasteiger charge is -2.08. The summed E-state index contributed by atoms with van der Waals surface area (Å²) in [5.41, 5.74) is 1.19. The van der Waals surface area contributed by atoms with Gasteiger partial charge in [-0.25, -0.2) is 9.89 Å². The van der Waals surface area contributed by atoms with Crippen LogP contribution in [0, 0.1) is 0 Å². The van der Waals surface area contributed by atoms with Gasteiger partial charge in [0.1, 0.15) is 5.82 Å². The molecule has 1 aromatic heterocycles. The van der Waals surface area contributed by atoms with Crippen molar-refractivity contribution in [1.82, 2.24) is 14.8 Å². The molecule has 1 N–H and O–H groups in total. The molecule has 0 bridgehead atoms. The van der Waals surface area contributed by atoms with Crippen LogP contribution in [0.5, 0.6) is 0 Å². The van der Waals surface area contributed by atoms with Crippen LogP contribution in [0.1, 0.15) is 37.7 Å². The number of aromatic nitrogens is 3. The number of rotatable bonds is 5. The minimum atomic E-state index is -0.117. The third kappa shape index (κ3) is 3.56. The highest BCUT2D eigenvalue weighted by atomic mass is 79.9. The van der Waals surface area contributed by atoms with Crippen LogP contribution in [0.2, 0.25) is 0 Å². The summed E-state index contributed by atoms with van der Waals surface area (Å²) in [6, 6.07) is 8.48. The van der Waals surface area contributed by atoms with Gasteiger partial charge in [0.05, 0.1) is 0 Å². The normalized spacial score (nSPS) is 11.2. The lowest BCUT2D eigenvalue weighted by Crippen LogP contribution is -2.20. The summed E-state index contributed by atoms with van der Waals surface area (Å²) in [6.45, 7) is 3.99. The molecule has 0 atom stereocenters. The van der Waals surface area contributed by atoms with Gasteiger partial charge in [0, 0.05) is 16.9 Å². The van der Waals surface area contributed by atoms with E-state index < -0.39 is 0 Å². The van der Waals surface area contributed by atoms with Crippen LogP contribution in [0.15, 0.2) is 33.5 Å². The predicted octanol–water partition coefficient (Wildman–Crippen LogP) is 3.09. The second kappa shape index (κ2) is 6.19. The lowest BCUT2D eigenvalue weighted by molar-refractivity contribution is 0.545. The van der Waals surface area contributed by atoms with Crippen LogP contribution in [-0.2, 0) is 12.8 Å². The van der Waals surface area contributed by atoms with Crippen LogP contribution >= 0.6 is 15.9 Å². The van der Waals surface area contributed by atoms with Gasteiger partial charge in [-0.15, -0.1) is 0 Å². The van der Waals surface area contributed by atoms with Gasteiger partial charge in [0.2, 0.25) is 0 Å². The van der Waals surface area contributed by atoms with Crippen molar-refractivity contribution in [3.8, 4) is 0 Å². The molecule has 0 aliphatic heterocycles. The van der Waals surface area contributed by atoms with Gasteiger partial charge in [-0.2, -0.15) is 5.10 Å². The van der Waals surface area contributed by atoms with Crippen LogP contribution < -0.4 is 5.69 Å². The zero-order valence-corrected chi connectivity index (χ0v) is 12.8. The minimum absolute atomic E-state index is 0.117. The number of nitrogens with zero attached hydrogens (tertiary/aromatic N) is 2. The summed E-state index contributed by atoms with van der Waals surface area (Å²) in [6.07, 6.45) is 2.79. The Labute approximate surface area is 121 Å². The van der Waals surface area contributed by atoms with Crippen LogP contribution in [0.4, 0.5) is 0 Å². The molecule has 0 fully saturated rings. The maximum Gasteiger partial charge on any atom is 0.343 e. The van der Waals surface area contributed by atoms with Crippen molar-refractivity contribution in [2.45, 2.75) is 39.2 Å². The number of hydrogen-bond donors (Lipinski definition) is 1. The molecule has 2 rings (SSSR count).